The Morgan fingerprint density at radius 2 is 2.14 bits per heavy atom. The Balaban J connectivity index is 0.000000293. The molecule has 1 aliphatic rings. The zero-order valence-electron chi connectivity index (χ0n) is 9.80. The first-order valence-corrected chi connectivity index (χ1v) is 5.56. The zero-order chi connectivity index (χ0) is 10.6. The third kappa shape index (κ3) is 2.88. The smallest absolute Gasteiger partial charge is 0.0374 e. The van der Waals surface area contributed by atoms with Crippen molar-refractivity contribution in [1.29, 1.82) is 0 Å². The Kier molecular flexibility index (Phi) is 4.21. The van der Waals surface area contributed by atoms with Crippen molar-refractivity contribution in [2.75, 3.05) is 0 Å². The van der Waals surface area contributed by atoms with Crippen molar-refractivity contribution in [1.82, 2.24) is 9.88 Å². The minimum atomic E-state index is 0.620. The molecule has 1 atom stereocenters. The van der Waals surface area contributed by atoms with Gasteiger partial charge in [-0.05, 0) is 25.5 Å². The quantitative estimate of drug-likeness (QED) is 0.672. The number of fused-ring (bicyclic) bond motifs is 1. The number of hydrogen-bond donors (Lipinski definition) is 1. The van der Waals surface area contributed by atoms with Gasteiger partial charge in [-0.25, -0.2) is 0 Å². The van der Waals surface area contributed by atoms with E-state index in [-0.39, 0.29) is 0 Å². The average molecular weight is 194 g/mol. The number of hydrogen-bond acceptors (Lipinski definition) is 1. The van der Waals surface area contributed by atoms with E-state index in [1.165, 1.54) is 17.7 Å². The van der Waals surface area contributed by atoms with E-state index in [2.05, 4.69) is 49.8 Å². The fraction of sp³-hybridized carbons (Fsp3) is 0.667. The molecular weight excluding hydrogens is 172 g/mol. The summed E-state index contributed by atoms with van der Waals surface area (Å²) in [6.07, 6.45) is 3.48. The maximum absolute atomic E-state index is 3.43. The molecule has 0 saturated carbocycles. The molecule has 0 aromatic carbocycles. The van der Waals surface area contributed by atoms with Crippen LogP contribution in [0.1, 0.15) is 38.4 Å². The molecule has 2 heterocycles. The van der Waals surface area contributed by atoms with Crippen LogP contribution < -0.4 is 5.32 Å². The lowest BCUT2D eigenvalue weighted by atomic mass is 10.2. The average Bonchev–Trinajstić information content (AvgIpc) is 2.45. The van der Waals surface area contributed by atoms with E-state index >= 15 is 0 Å². The summed E-state index contributed by atoms with van der Waals surface area (Å²) in [5, 5.41) is 3.43. The molecule has 1 aromatic rings. The maximum atomic E-state index is 3.43. The summed E-state index contributed by atoms with van der Waals surface area (Å²) >= 11 is 0. The van der Waals surface area contributed by atoms with E-state index in [1.807, 2.05) is 0 Å². The SMILES string of the molecule is CCC.Cc1cc2n(c1)C[C@H](C)NC2. The number of aromatic nitrogens is 1. The Morgan fingerprint density at radius 3 is 2.79 bits per heavy atom. The highest BCUT2D eigenvalue weighted by Crippen LogP contribution is 2.12. The van der Waals surface area contributed by atoms with Crippen molar-refractivity contribution in [3.8, 4) is 0 Å². The summed E-state index contributed by atoms with van der Waals surface area (Å²) in [5.74, 6) is 0. The van der Waals surface area contributed by atoms with Crippen molar-refractivity contribution in [2.24, 2.45) is 0 Å². The van der Waals surface area contributed by atoms with Crippen LogP contribution in [0.25, 0.3) is 0 Å². The molecule has 14 heavy (non-hydrogen) atoms. The van der Waals surface area contributed by atoms with Gasteiger partial charge in [0.15, 0.2) is 0 Å². The molecule has 0 unspecified atom stereocenters. The lowest BCUT2D eigenvalue weighted by molar-refractivity contribution is 0.417. The van der Waals surface area contributed by atoms with E-state index in [1.54, 1.807) is 0 Å². The van der Waals surface area contributed by atoms with Gasteiger partial charge in [0.25, 0.3) is 0 Å². The van der Waals surface area contributed by atoms with Gasteiger partial charge >= 0.3 is 0 Å². The molecule has 0 fully saturated rings. The maximum Gasteiger partial charge on any atom is 0.0374 e. The first-order chi connectivity index (χ1) is 6.67. The van der Waals surface area contributed by atoms with Gasteiger partial charge < -0.3 is 9.88 Å². The minimum Gasteiger partial charge on any atom is -0.348 e. The van der Waals surface area contributed by atoms with Crippen LogP contribution in [-0.4, -0.2) is 10.6 Å². The highest BCUT2D eigenvalue weighted by atomic mass is 15.1. The van der Waals surface area contributed by atoms with Gasteiger partial charge in [-0.1, -0.05) is 20.3 Å². The van der Waals surface area contributed by atoms with Gasteiger partial charge in [-0.15, -0.1) is 0 Å². The van der Waals surface area contributed by atoms with Gasteiger partial charge in [0, 0.05) is 31.0 Å². The molecule has 1 N–H and O–H groups in total. The van der Waals surface area contributed by atoms with E-state index in [4.69, 9.17) is 0 Å². The van der Waals surface area contributed by atoms with Gasteiger partial charge in [-0.3, -0.25) is 0 Å². The lowest BCUT2D eigenvalue weighted by Gasteiger charge is -2.22. The number of aryl methyl sites for hydroxylation is 1. The fourth-order valence-corrected chi connectivity index (χ4v) is 1.67. The molecule has 1 aromatic heterocycles. The van der Waals surface area contributed by atoms with Crippen molar-refractivity contribution in [3.05, 3.63) is 23.5 Å². The van der Waals surface area contributed by atoms with Crippen LogP contribution >= 0.6 is 0 Å². The Labute approximate surface area is 87.3 Å². The predicted molar refractivity (Wildman–Crippen MR) is 61.4 cm³/mol. The Hall–Kier alpha value is -0.760. The molecule has 2 heteroatoms. The third-order valence-electron chi connectivity index (χ3n) is 2.22. The summed E-state index contributed by atoms with van der Waals surface area (Å²) < 4.78 is 2.34. The minimum absolute atomic E-state index is 0.620. The van der Waals surface area contributed by atoms with E-state index in [0.717, 1.165) is 13.1 Å². The van der Waals surface area contributed by atoms with Crippen LogP contribution in [0.3, 0.4) is 0 Å². The van der Waals surface area contributed by atoms with Crippen LogP contribution in [0.4, 0.5) is 0 Å². The fourth-order valence-electron chi connectivity index (χ4n) is 1.67. The van der Waals surface area contributed by atoms with E-state index in [0.29, 0.717) is 6.04 Å². The Morgan fingerprint density at radius 1 is 1.50 bits per heavy atom. The second-order valence-electron chi connectivity index (χ2n) is 4.15. The van der Waals surface area contributed by atoms with Crippen molar-refractivity contribution < 1.29 is 0 Å². The largest absolute Gasteiger partial charge is 0.348 e. The van der Waals surface area contributed by atoms with Gasteiger partial charge in [0.1, 0.15) is 0 Å². The van der Waals surface area contributed by atoms with Crippen LogP contribution in [0, 0.1) is 6.92 Å². The molecule has 2 rings (SSSR count). The van der Waals surface area contributed by atoms with Crippen LogP contribution in [0.5, 0.6) is 0 Å². The monoisotopic (exact) mass is 194 g/mol. The number of nitrogens with one attached hydrogen (secondary N) is 1. The number of rotatable bonds is 0. The second-order valence-corrected chi connectivity index (χ2v) is 4.15. The molecular formula is C12H22N2. The lowest BCUT2D eigenvalue weighted by Crippen LogP contribution is -2.35. The normalized spacial score (nSPS) is 19.6. The standard InChI is InChI=1S/C9H14N2.C3H8/c1-7-3-9-4-10-8(2)6-11(9)5-7;1-3-2/h3,5,8,10H,4,6H2,1-2H3;3H2,1-2H3/t8-;/m0./s1. The van der Waals surface area contributed by atoms with Crippen LogP contribution in [0.2, 0.25) is 0 Å². The van der Waals surface area contributed by atoms with Crippen molar-refractivity contribution in [3.63, 3.8) is 0 Å². The van der Waals surface area contributed by atoms with Crippen molar-refractivity contribution >= 4 is 0 Å². The van der Waals surface area contributed by atoms with Crippen molar-refractivity contribution in [2.45, 2.75) is 53.2 Å². The molecule has 0 saturated heterocycles. The van der Waals surface area contributed by atoms with Crippen LogP contribution in [-0.2, 0) is 13.1 Å². The molecule has 0 bridgehead atoms. The highest BCUT2D eigenvalue weighted by molar-refractivity contribution is 5.18. The summed E-state index contributed by atoms with van der Waals surface area (Å²) in [7, 11) is 0. The first kappa shape index (κ1) is 11.3. The summed E-state index contributed by atoms with van der Waals surface area (Å²) in [5.41, 5.74) is 2.79. The molecule has 0 spiro atoms. The highest BCUT2D eigenvalue weighted by Gasteiger charge is 2.12. The zero-order valence-corrected chi connectivity index (χ0v) is 9.80. The first-order valence-electron chi connectivity index (χ1n) is 5.56. The molecule has 0 radical (unpaired) electrons. The third-order valence-corrected chi connectivity index (χ3v) is 2.22. The summed E-state index contributed by atoms with van der Waals surface area (Å²) in [6, 6.07) is 2.87. The van der Waals surface area contributed by atoms with E-state index in [9.17, 15) is 0 Å². The molecule has 80 valence electrons. The predicted octanol–water partition coefficient (Wildman–Crippen LogP) is 2.70. The van der Waals surface area contributed by atoms with Gasteiger partial charge in [0.05, 0.1) is 0 Å². The van der Waals surface area contributed by atoms with Crippen LogP contribution in [0.15, 0.2) is 12.3 Å². The molecule has 1 aliphatic heterocycles. The van der Waals surface area contributed by atoms with Gasteiger partial charge in [-0.2, -0.15) is 0 Å². The molecule has 0 amide bonds. The molecule has 0 aliphatic carbocycles. The second kappa shape index (κ2) is 5.20. The van der Waals surface area contributed by atoms with Gasteiger partial charge in [0.2, 0.25) is 0 Å². The van der Waals surface area contributed by atoms with E-state index < -0.39 is 0 Å². The summed E-state index contributed by atoms with van der Waals surface area (Å²) in [4.78, 5) is 0. The number of nitrogens with zero attached hydrogens (tertiary/aromatic N) is 1. The Bertz CT molecular complexity index is 276. The molecule has 2 nitrogen and oxygen atoms in total. The summed E-state index contributed by atoms with van der Waals surface area (Å²) in [6.45, 7) is 10.8. The topological polar surface area (TPSA) is 17.0 Å².